The first-order chi connectivity index (χ1) is 14.1. The summed E-state index contributed by atoms with van der Waals surface area (Å²) in [5, 5.41) is 8.57. The molecule has 0 aliphatic heterocycles. The lowest BCUT2D eigenvalue weighted by Gasteiger charge is -2.14. The normalized spacial score (nSPS) is 13.2. The molecule has 2 aromatic carbocycles. The fourth-order valence-electron chi connectivity index (χ4n) is 4.30. The van der Waals surface area contributed by atoms with E-state index in [1.807, 2.05) is 10.6 Å². The second-order valence-electron chi connectivity index (χ2n) is 8.20. The van der Waals surface area contributed by atoms with Crippen LogP contribution in [-0.4, -0.2) is 14.6 Å². The number of nitrogens with one attached hydrogen (secondary N) is 1. The van der Waals surface area contributed by atoms with E-state index in [0.29, 0.717) is 5.92 Å². The van der Waals surface area contributed by atoms with Crippen LogP contribution in [0, 0.1) is 6.92 Å². The molecular formula is C25H26N4. The van der Waals surface area contributed by atoms with Gasteiger partial charge < -0.3 is 5.32 Å². The van der Waals surface area contributed by atoms with Gasteiger partial charge in [-0.1, -0.05) is 56.3 Å². The molecule has 0 amide bonds. The van der Waals surface area contributed by atoms with Gasteiger partial charge in [0.05, 0.1) is 5.69 Å². The van der Waals surface area contributed by atoms with Crippen LogP contribution >= 0.6 is 0 Å². The molecule has 0 spiro atoms. The number of nitrogens with zero attached hydrogens (tertiary/aromatic N) is 3. The molecule has 29 heavy (non-hydrogen) atoms. The molecular weight excluding hydrogens is 356 g/mol. The highest BCUT2D eigenvalue weighted by Gasteiger charge is 2.24. The Hall–Kier alpha value is -3.14. The summed E-state index contributed by atoms with van der Waals surface area (Å²) < 4.78 is 2.01. The van der Waals surface area contributed by atoms with Crippen molar-refractivity contribution in [2.24, 2.45) is 0 Å². The molecule has 2 aromatic heterocycles. The van der Waals surface area contributed by atoms with Gasteiger partial charge in [0.15, 0.2) is 5.65 Å². The van der Waals surface area contributed by atoms with Crippen LogP contribution in [0.3, 0.4) is 0 Å². The van der Waals surface area contributed by atoms with Gasteiger partial charge in [0.25, 0.3) is 0 Å². The van der Waals surface area contributed by atoms with Crippen molar-refractivity contribution in [2.45, 2.75) is 46.0 Å². The smallest absolute Gasteiger partial charge is 0.165 e. The molecule has 4 aromatic rings. The van der Waals surface area contributed by atoms with Gasteiger partial charge in [-0.25, -0.2) is 4.98 Å². The first-order valence-corrected chi connectivity index (χ1v) is 10.5. The Labute approximate surface area is 171 Å². The zero-order valence-corrected chi connectivity index (χ0v) is 17.2. The van der Waals surface area contributed by atoms with Crippen LogP contribution in [0.25, 0.3) is 16.8 Å². The molecule has 0 radical (unpaired) electrons. The average molecular weight is 383 g/mol. The number of hydrogen-bond donors (Lipinski definition) is 1. The molecule has 4 heteroatoms. The quantitative estimate of drug-likeness (QED) is 0.466. The van der Waals surface area contributed by atoms with E-state index in [4.69, 9.17) is 10.1 Å². The Balaban J connectivity index is 1.67. The average Bonchev–Trinajstić information content (AvgIpc) is 3.32. The van der Waals surface area contributed by atoms with Gasteiger partial charge in [-0.3, -0.25) is 0 Å². The summed E-state index contributed by atoms with van der Waals surface area (Å²) in [6, 6.07) is 19.2. The second kappa shape index (κ2) is 7.03. The maximum atomic E-state index is 5.05. The zero-order chi connectivity index (χ0) is 20.0. The second-order valence-corrected chi connectivity index (χ2v) is 8.20. The number of hydrogen-bond acceptors (Lipinski definition) is 3. The minimum atomic E-state index is 0.531. The highest BCUT2D eigenvalue weighted by Crippen LogP contribution is 2.35. The fourth-order valence-corrected chi connectivity index (χ4v) is 4.30. The van der Waals surface area contributed by atoms with Crippen molar-refractivity contribution < 1.29 is 0 Å². The van der Waals surface area contributed by atoms with Gasteiger partial charge in [-0.15, -0.1) is 0 Å². The van der Waals surface area contributed by atoms with E-state index >= 15 is 0 Å². The van der Waals surface area contributed by atoms with Crippen LogP contribution in [0.5, 0.6) is 0 Å². The lowest BCUT2D eigenvalue weighted by molar-refractivity contribution is 0.866. The largest absolute Gasteiger partial charge is 0.340 e. The van der Waals surface area contributed by atoms with E-state index in [9.17, 15) is 0 Å². The lowest BCUT2D eigenvalue weighted by atomic mass is 10.0. The first-order valence-electron chi connectivity index (χ1n) is 10.5. The third-order valence-corrected chi connectivity index (χ3v) is 5.87. The molecule has 0 saturated carbocycles. The monoisotopic (exact) mass is 382 g/mol. The molecule has 1 N–H and O–H groups in total. The van der Waals surface area contributed by atoms with E-state index < -0.39 is 0 Å². The number of aryl methyl sites for hydroxylation is 2. The molecule has 0 atom stereocenters. The Bertz CT molecular complexity index is 1170. The number of anilines is 2. The zero-order valence-electron chi connectivity index (χ0n) is 17.2. The van der Waals surface area contributed by atoms with Crippen molar-refractivity contribution in [2.75, 3.05) is 5.32 Å². The molecule has 146 valence electrons. The summed E-state index contributed by atoms with van der Waals surface area (Å²) in [4.78, 5) is 5.05. The van der Waals surface area contributed by atoms with Crippen molar-refractivity contribution in [3.8, 4) is 11.1 Å². The molecule has 2 heterocycles. The Morgan fingerprint density at radius 2 is 1.72 bits per heavy atom. The standard InChI is InChI=1S/C25H26N4/c1-16(2)18-12-14-20(15-13-18)26-24-21-10-7-11-22(21)27-25-23(17(3)28-29(24)25)19-8-5-4-6-9-19/h4-6,8-9,12-16,26H,7,10-11H2,1-3H3. The summed E-state index contributed by atoms with van der Waals surface area (Å²) in [5.41, 5.74) is 9.17. The topological polar surface area (TPSA) is 42.2 Å². The Kier molecular flexibility index (Phi) is 4.35. The fraction of sp³-hybridized carbons (Fsp3) is 0.280. The van der Waals surface area contributed by atoms with E-state index in [0.717, 1.165) is 53.2 Å². The van der Waals surface area contributed by atoms with Gasteiger partial charge in [-0.2, -0.15) is 9.61 Å². The predicted molar refractivity (Wildman–Crippen MR) is 119 cm³/mol. The van der Waals surface area contributed by atoms with Gasteiger partial charge in [0.2, 0.25) is 0 Å². The molecule has 0 bridgehead atoms. The van der Waals surface area contributed by atoms with E-state index in [2.05, 4.69) is 74.6 Å². The molecule has 4 nitrogen and oxygen atoms in total. The molecule has 1 aliphatic carbocycles. The maximum Gasteiger partial charge on any atom is 0.165 e. The van der Waals surface area contributed by atoms with Gasteiger partial charge in [-0.05, 0) is 55.4 Å². The summed E-state index contributed by atoms with van der Waals surface area (Å²) in [7, 11) is 0. The van der Waals surface area contributed by atoms with Crippen molar-refractivity contribution in [3.05, 3.63) is 77.1 Å². The first kappa shape index (κ1) is 17.9. The van der Waals surface area contributed by atoms with Crippen LogP contribution in [0.15, 0.2) is 54.6 Å². The SMILES string of the molecule is Cc1nn2c(Nc3ccc(C(C)C)cc3)c3c(nc2c1-c1ccccc1)CCC3. The lowest BCUT2D eigenvalue weighted by Crippen LogP contribution is -2.07. The number of rotatable bonds is 4. The van der Waals surface area contributed by atoms with Gasteiger partial charge >= 0.3 is 0 Å². The molecule has 1 aliphatic rings. The minimum Gasteiger partial charge on any atom is -0.340 e. The predicted octanol–water partition coefficient (Wildman–Crippen LogP) is 6.06. The highest BCUT2D eigenvalue weighted by atomic mass is 15.3. The summed E-state index contributed by atoms with van der Waals surface area (Å²) in [6.07, 6.45) is 3.23. The van der Waals surface area contributed by atoms with Crippen molar-refractivity contribution in [3.63, 3.8) is 0 Å². The third-order valence-electron chi connectivity index (χ3n) is 5.87. The summed E-state index contributed by atoms with van der Waals surface area (Å²) in [5.74, 6) is 1.59. The van der Waals surface area contributed by atoms with Crippen LogP contribution in [-0.2, 0) is 12.8 Å². The van der Waals surface area contributed by atoms with Crippen molar-refractivity contribution in [1.82, 2.24) is 14.6 Å². The van der Waals surface area contributed by atoms with Crippen LogP contribution < -0.4 is 5.32 Å². The highest BCUT2D eigenvalue weighted by molar-refractivity contribution is 5.82. The summed E-state index contributed by atoms with van der Waals surface area (Å²) >= 11 is 0. The minimum absolute atomic E-state index is 0.531. The molecule has 0 unspecified atom stereocenters. The number of aromatic nitrogens is 3. The molecule has 5 rings (SSSR count). The van der Waals surface area contributed by atoms with Crippen LogP contribution in [0.2, 0.25) is 0 Å². The van der Waals surface area contributed by atoms with Crippen LogP contribution in [0.1, 0.15) is 48.7 Å². The Morgan fingerprint density at radius 1 is 0.966 bits per heavy atom. The van der Waals surface area contributed by atoms with E-state index in [1.165, 1.54) is 16.8 Å². The van der Waals surface area contributed by atoms with Gasteiger partial charge in [0, 0.05) is 22.5 Å². The maximum absolute atomic E-state index is 5.05. The van der Waals surface area contributed by atoms with Gasteiger partial charge in [0.1, 0.15) is 5.82 Å². The number of fused-ring (bicyclic) bond motifs is 2. The Morgan fingerprint density at radius 3 is 2.45 bits per heavy atom. The summed E-state index contributed by atoms with van der Waals surface area (Å²) in [6.45, 7) is 6.52. The van der Waals surface area contributed by atoms with E-state index in [1.54, 1.807) is 0 Å². The van der Waals surface area contributed by atoms with Crippen LogP contribution in [0.4, 0.5) is 11.5 Å². The number of benzene rings is 2. The third kappa shape index (κ3) is 3.09. The molecule has 0 saturated heterocycles. The van der Waals surface area contributed by atoms with E-state index in [-0.39, 0.29) is 0 Å². The van der Waals surface area contributed by atoms with Crippen molar-refractivity contribution in [1.29, 1.82) is 0 Å². The molecule has 0 fully saturated rings. The van der Waals surface area contributed by atoms with Crippen molar-refractivity contribution >= 4 is 17.2 Å².